The van der Waals surface area contributed by atoms with E-state index in [1.54, 1.807) is 12.1 Å². The fourth-order valence-corrected chi connectivity index (χ4v) is 3.16. The van der Waals surface area contributed by atoms with E-state index in [-0.39, 0.29) is 5.69 Å². The van der Waals surface area contributed by atoms with Crippen LogP contribution in [0.4, 0.5) is 5.69 Å². The van der Waals surface area contributed by atoms with Crippen LogP contribution in [0.15, 0.2) is 48.5 Å². The van der Waals surface area contributed by atoms with Crippen LogP contribution in [0.3, 0.4) is 0 Å². The number of pyridine rings is 1. The Kier molecular flexibility index (Phi) is 3.58. The van der Waals surface area contributed by atoms with Crippen LogP contribution in [0.5, 0.6) is 0 Å². The van der Waals surface area contributed by atoms with Crippen molar-refractivity contribution in [1.82, 2.24) is 9.97 Å². The van der Waals surface area contributed by atoms with Crippen molar-refractivity contribution < 1.29 is 9.90 Å². The van der Waals surface area contributed by atoms with E-state index in [1.165, 1.54) is 0 Å². The Balaban J connectivity index is 2.06. The summed E-state index contributed by atoms with van der Waals surface area (Å²) in [5.41, 5.74) is 4.06. The lowest BCUT2D eigenvalue weighted by Gasteiger charge is -2.06. The van der Waals surface area contributed by atoms with Crippen molar-refractivity contribution in [2.75, 3.05) is 12.4 Å². The van der Waals surface area contributed by atoms with Crippen molar-refractivity contribution in [3.63, 3.8) is 0 Å². The van der Waals surface area contributed by atoms with E-state index in [4.69, 9.17) is 11.6 Å². The number of fused-ring (bicyclic) bond motifs is 3. The van der Waals surface area contributed by atoms with Gasteiger partial charge in [0.05, 0.1) is 11.2 Å². The van der Waals surface area contributed by atoms with Crippen LogP contribution in [0.2, 0.25) is 5.02 Å². The van der Waals surface area contributed by atoms with Crippen molar-refractivity contribution in [3.05, 3.63) is 59.2 Å². The van der Waals surface area contributed by atoms with Crippen molar-refractivity contribution in [2.24, 2.45) is 0 Å². The van der Waals surface area contributed by atoms with Crippen molar-refractivity contribution in [3.8, 4) is 11.3 Å². The largest absolute Gasteiger partial charge is 0.477 e. The van der Waals surface area contributed by atoms with Crippen LogP contribution < -0.4 is 5.32 Å². The van der Waals surface area contributed by atoms with Gasteiger partial charge in [-0.1, -0.05) is 29.8 Å². The van der Waals surface area contributed by atoms with E-state index >= 15 is 0 Å². The Hall–Kier alpha value is -3.05. The third-order valence-corrected chi connectivity index (χ3v) is 4.45. The molecule has 4 aromatic rings. The zero-order valence-corrected chi connectivity index (χ0v) is 14.1. The number of carboxylic acids is 1. The summed E-state index contributed by atoms with van der Waals surface area (Å²) >= 11 is 6.08. The number of rotatable bonds is 3. The third kappa shape index (κ3) is 2.58. The number of nitrogens with one attached hydrogen (secondary N) is 2. The predicted octanol–water partition coefficient (Wildman–Crippen LogP) is 4.78. The molecule has 0 saturated carbocycles. The molecule has 0 radical (unpaired) electrons. The Bertz CT molecular complexity index is 1120. The lowest BCUT2D eigenvalue weighted by atomic mass is 10.1. The Morgan fingerprint density at radius 3 is 2.56 bits per heavy atom. The molecule has 0 saturated heterocycles. The second-order valence-corrected chi connectivity index (χ2v) is 6.16. The van der Waals surface area contributed by atoms with Gasteiger partial charge in [-0.15, -0.1) is 0 Å². The normalized spacial score (nSPS) is 11.1. The van der Waals surface area contributed by atoms with Gasteiger partial charge in [0.25, 0.3) is 0 Å². The van der Waals surface area contributed by atoms with E-state index in [0.29, 0.717) is 10.7 Å². The second kappa shape index (κ2) is 5.79. The van der Waals surface area contributed by atoms with Gasteiger partial charge < -0.3 is 15.4 Å². The van der Waals surface area contributed by atoms with Crippen LogP contribution in [0.1, 0.15) is 10.5 Å². The Morgan fingerprint density at radius 1 is 1.12 bits per heavy atom. The van der Waals surface area contributed by atoms with Crippen LogP contribution in [0, 0.1) is 0 Å². The van der Waals surface area contributed by atoms with Gasteiger partial charge in [-0.05, 0) is 30.3 Å². The van der Waals surface area contributed by atoms with Crippen LogP contribution >= 0.6 is 11.6 Å². The van der Waals surface area contributed by atoms with Gasteiger partial charge >= 0.3 is 5.97 Å². The first-order valence-corrected chi connectivity index (χ1v) is 8.08. The fraction of sp³-hybridized carbons (Fsp3) is 0.0526. The number of aromatic amines is 1. The summed E-state index contributed by atoms with van der Waals surface area (Å²) in [4.78, 5) is 19.2. The lowest BCUT2D eigenvalue weighted by molar-refractivity contribution is 0.0691. The number of aromatic carboxylic acids is 1. The Morgan fingerprint density at radius 2 is 1.88 bits per heavy atom. The average Bonchev–Trinajstić information content (AvgIpc) is 2.98. The first-order valence-electron chi connectivity index (χ1n) is 7.70. The molecular formula is C19H14ClN3O2. The van der Waals surface area contributed by atoms with Gasteiger partial charge in [0.1, 0.15) is 5.69 Å². The van der Waals surface area contributed by atoms with Crippen molar-refractivity contribution in [1.29, 1.82) is 0 Å². The number of nitrogens with zero attached hydrogens (tertiary/aromatic N) is 1. The number of anilines is 1. The molecule has 4 rings (SSSR count). The van der Waals surface area contributed by atoms with Crippen LogP contribution in [-0.2, 0) is 0 Å². The van der Waals surface area contributed by atoms with Gasteiger partial charge in [-0.25, -0.2) is 9.78 Å². The molecule has 0 bridgehead atoms. The molecule has 0 aliphatic rings. The van der Waals surface area contributed by atoms with Crippen molar-refractivity contribution in [2.45, 2.75) is 0 Å². The van der Waals surface area contributed by atoms with E-state index in [2.05, 4.69) is 15.3 Å². The number of halogens is 1. The molecule has 5 nitrogen and oxygen atoms in total. The molecule has 2 aromatic heterocycles. The van der Waals surface area contributed by atoms with E-state index < -0.39 is 5.97 Å². The summed E-state index contributed by atoms with van der Waals surface area (Å²) in [6.07, 6.45) is 0. The number of carboxylic acid groups (broad SMARTS) is 1. The van der Waals surface area contributed by atoms with Crippen LogP contribution in [-0.4, -0.2) is 28.1 Å². The van der Waals surface area contributed by atoms with E-state index in [0.717, 1.165) is 33.1 Å². The molecule has 124 valence electrons. The first kappa shape index (κ1) is 15.5. The highest BCUT2D eigenvalue weighted by atomic mass is 35.5. The van der Waals surface area contributed by atoms with E-state index in [9.17, 15) is 9.90 Å². The Labute approximate surface area is 148 Å². The summed E-state index contributed by atoms with van der Waals surface area (Å²) < 4.78 is 0. The number of aromatic nitrogens is 2. The SMILES string of the molecule is CNc1ccc(-c2nc(C(=O)O)cc3c2[nH]c2cc(Cl)ccc23)cc1. The van der Waals surface area contributed by atoms with Gasteiger partial charge in [0, 0.05) is 39.6 Å². The molecule has 0 atom stereocenters. The third-order valence-electron chi connectivity index (χ3n) is 4.22. The van der Waals surface area contributed by atoms with Gasteiger partial charge in [0.15, 0.2) is 0 Å². The zero-order valence-electron chi connectivity index (χ0n) is 13.3. The lowest BCUT2D eigenvalue weighted by Crippen LogP contribution is -2.01. The molecule has 0 unspecified atom stereocenters. The monoisotopic (exact) mass is 351 g/mol. The van der Waals surface area contributed by atoms with Gasteiger partial charge in [-0.3, -0.25) is 0 Å². The maximum Gasteiger partial charge on any atom is 0.354 e. The molecule has 3 N–H and O–H groups in total. The molecule has 25 heavy (non-hydrogen) atoms. The predicted molar refractivity (Wildman–Crippen MR) is 101 cm³/mol. The fourth-order valence-electron chi connectivity index (χ4n) is 2.99. The highest BCUT2D eigenvalue weighted by molar-refractivity contribution is 6.31. The molecule has 0 spiro atoms. The average molecular weight is 352 g/mol. The highest BCUT2D eigenvalue weighted by Crippen LogP contribution is 2.34. The first-order chi connectivity index (χ1) is 12.1. The maximum atomic E-state index is 11.5. The maximum absolute atomic E-state index is 11.5. The number of hydrogen-bond acceptors (Lipinski definition) is 3. The summed E-state index contributed by atoms with van der Waals surface area (Å²) in [5.74, 6) is -1.06. The minimum Gasteiger partial charge on any atom is -0.477 e. The highest BCUT2D eigenvalue weighted by Gasteiger charge is 2.16. The molecular weight excluding hydrogens is 338 g/mol. The molecule has 0 fully saturated rings. The number of carbonyl (C=O) groups is 1. The van der Waals surface area contributed by atoms with Gasteiger partial charge in [0.2, 0.25) is 0 Å². The second-order valence-electron chi connectivity index (χ2n) is 5.73. The number of H-pyrrole nitrogens is 1. The van der Waals surface area contributed by atoms with Crippen molar-refractivity contribution >= 4 is 45.1 Å². The summed E-state index contributed by atoms with van der Waals surface area (Å²) in [6.45, 7) is 0. The smallest absolute Gasteiger partial charge is 0.354 e. The minimum atomic E-state index is -1.06. The standard InChI is InChI=1S/C19H14ClN3O2/c1-21-12-5-2-10(3-6-12)17-18-14(9-16(23-17)19(24)25)13-7-4-11(20)8-15(13)22-18/h2-9,21-22H,1H3,(H,24,25). The van der Waals surface area contributed by atoms with Gasteiger partial charge in [-0.2, -0.15) is 0 Å². The molecule has 2 heterocycles. The summed E-state index contributed by atoms with van der Waals surface area (Å²) in [7, 11) is 1.85. The minimum absolute atomic E-state index is 0.0102. The molecule has 0 amide bonds. The number of benzene rings is 2. The molecule has 2 aromatic carbocycles. The molecule has 0 aliphatic carbocycles. The molecule has 0 aliphatic heterocycles. The molecule has 6 heteroatoms. The topological polar surface area (TPSA) is 78.0 Å². The quantitative estimate of drug-likeness (QED) is 0.496. The zero-order chi connectivity index (χ0) is 17.6. The van der Waals surface area contributed by atoms with Crippen LogP contribution in [0.25, 0.3) is 33.1 Å². The van der Waals surface area contributed by atoms with E-state index in [1.807, 2.05) is 43.4 Å². The summed E-state index contributed by atoms with van der Waals surface area (Å²) in [5, 5.41) is 14.9. The number of hydrogen-bond donors (Lipinski definition) is 3. The summed E-state index contributed by atoms with van der Waals surface area (Å²) in [6, 6.07) is 14.8.